The largest absolute Gasteiger partial charge is 0.369 e. The van der Waals surface area contributed by atoms with Crippen molar-refractivity contribution >= 4 is 11.7 Å². The van der Waals surface area contributed by atoms with Crippen molar-refractivity contribution in [3.63, 3.8) is 0 Å². The maximum atomic E-state index is 14.1. The second-order valence-electron chi connectivity index (χ2n) is 4.88. The summed E-state index contributed by atoms with van der Waals surface area (Å²) in [6.45, 7) is 1.84. The van der Waals surface area contributed by atoms with Gasteiger partial charge < -0.3 is 11.1 Å². The number of carbonyl (C=O) groups is 1. The maximum Gasteiger partial charge on any atom is 0.222 e. The van der Waals surface area contributed by atoms with E-state index in [1.807, 2.05) is 6.92 Å². The molecule has 1 aliphatic carbocycles. The minimum absolute atomic E-state index is 0.139. The van der Waals surface area contributed by atoms with E-state index in [1.54, 1.807) is 0 Å². The van der Waals surface area contributed by atoms with Gasteiger partial charge in [0.05, 0.1) is 11.6 Å². The summed E-state index contributed by atoms with van der Waals surface area (Å²) in [7, 11) is 0. The third kappa shape index (κ3) is 3.00. The molecule has 0 aromatic carbocycles. The smallest absolute Gasteiger partial charge is 0.222 e. The van der Waals surface area contributed by atoms with Crippen molar-refractivity contribution < 1.29 is 9.18 Å². The van der Waals surface area contributed by atoms with Crippen molar-refractivity contribution in [2.45, 2.75) is 45.1 Å². The number of aryl methyl sites for hydroxylation is 1. The van der Waals surface area contributed by atoms with E-state index in [2.05, 4.69) is 15.3 Å². The zero-order chi connectivity index (χ0) is 13.8. The first-order valence-electron chi connectivity index (χ1n) is 6.68. The number of aromatic nitrogens is 2. The molecule has 0 saturated heterocycles. The molecule has 1 aliphatic rings. The van der Waals surface area contributed by atoms with Crippen molar-refractivity contribution in [2.75, 3.05) is 5.32 Å². The number of primary amides is 1. The monoisotopic (exact) mass is 266 g/mol. The number of rotatable bonds is 4. The molecule has 2 atom stereocenters. The van der Waals surface area contributed by atoms with Gasteiger partial charge in [0.1, 0.15) is 6.33 Å². The van der Waals surface area contributed by atoms with E-state index in [4.69, 9.17) is 5.73 Å². The van der Waals surface area contributed by atoms with Gasteiger partial charge in [-0.3, -0.25) is 4.79 Å². The summed E-state index contributed by atoms with van der Waals surface area (Å²) < 4.78 is 14.1. The van der Waals surface area contributed by atoms with Crippen LogP contribution in [0.2, 0.25) is 0 Å². The summed E-state index contributed by atoms with van der Waals surface area (Å²) in [4.78, 5) is 19.2. The Labute approximate surface area is 111 Å². The zero-order valence-corrected chi connectivity index (χ0v) is 11.0. The first kappa shape index (κ1) is 13.7. The van der Waals surface area contributed by atoms with Crippen LogP contribution in [0.5, 0.6) is 0 Å². The molecule has 1 aromatic heterocycles. The van der Waals surface area contributed by atoms with Gasteiger partial charge in [0.2, 0.25) is 5.91 Å². The molecule has 19 heavy (non-hydrogen) atoms. The first-order valence-corrected chi connectivity index (χ1v) is 6.68. The van der Waals surface area contributed by atoms with Crippen LogP contribution < -0.4 is 11.1 Å². The Kier molecular flexibility index (Phi) is 4.29. The SMILES string of the molecule is CCc1ncnc(N[C@H]2CCCC[C@@H]2C(N)=O)c1F. The second kappa shape index (κ2) is 5.95. The fourth-order valence-electron chi connectivity index (χ4n) is 2.57. The van der Waals surface area contributed by atoms with Crippen LogP contribution in [-0.2, 0) is 11.2 Å². The van der Waals surface area contributed by atoms with Crippen molar-refractivity contribution in [3.05, 3.63) is 17.8 Å². The molecule has 3 N–H and O–H groups in total. The Morgan fingerprint density at radius 1 is 1.47 bits per heavy atom. The van der Waals surface area contributed by atoms with Crippen molar-refractivity contribution in [1.82, 2.24) is 9.97 Å². The topological polar surface area (TPSA) is 80.9 Å². The van der Waals surface area contributed by atoms with Crippen LogP contribution in [0.25, 0.3) is 0 Å². The molecule has 0 radical (unpaired) electrons. The summed E-state index contributed by atoms with van der Waals surface area (Å²) in [5.74, 6) is -0.848. The summed E-state index contributed by atoms with van der Waals surface area (Å²) in [5, 5.41) is 3.03. The van der Waals surface area contributed by atoms with E-state index in [0.717, 1.165) is 25.7 Å². The molecule has 1 aromatic rings. The number of carbonyl (C=O) groups excluding carboxylic acids is 1. The Morgan fingerprint density at radius 3 is 2.89 bits per heavy atom. The number of hydrogen-bond donors (Lipinski definition) is 2. The number of amides is 1. The van der Waals surface area contributed by atoms with Crippen LogP contribution in [0, 0.1) is 11.7 Å². The van der Waals surface area contributed by atoms with Crippen molar-refractivity contribution in [1.29, 1.82) is 0 Å². The highest BCUT2D eigenvalue weighted by Gasteiger charge is 2.30. The molecule has 104 valence electrons. The Morgan fingerprint density at radius 2 is 2.21 bits per heavy atom. The van der Waals surface area contributed by atoms with E-state index >= 15 is 0 Å². The van der Waals surface area contributed by atoms with Crippen LogP contribution in [0.3, 0.4) is 0 Å². The van der Waals surface area contributed by atoms with E-state index in [0.29, 0.717) is 12.1 Å². The standard InChI is InChI=1S/C13H19FN4O/c1-2-9-11(14)13(17-7-16-9)18-10-6-4-3-5-8(10)12(15)19/h7-8,10H,2-6H2,1H3,(H2,15,19)(H,16,17,18)/t8-,10-/m0/s1. The number of nitrogens with two attached hydrogens (primary N) is 1. The van der Waals surface area contributed by atoms with E-state index in [9.17, 15) is 9.18 Å². The summed E-state index contributed by atoms with van der Waals surface area (Å²) >= 11 is 0. The third-order valence-electron chi connectivity index (χ3n) is 3.65. The lowest BCUT2D eigenvalue weighted by molar-refractivity contribution is -0.122. The van der Waals surface area contributed by atoms with E-state index in [-0.39, 0.29) is 23.7 Å². The fraction of sp³-hybridized carbons (Fsp3) is 0.615. The average Bonchev–Trinajstić information content (AvgIpc) is 2.41. The molecule has 1 fully saturated rings. The predicted molar refractivity (Wildman–Crippen MR) is 69.9 cm³/mol. The molecule has 0 unspecified atom stereocenters. The van der Waals surface area contributed by atoms with E-state index in [1.165, 1.54) is 6.33 Å². The Hall–Kier alpha value is -1.72. The highest BCUT2D eigenvalue weighted by atomic mass is 19.1. The molecule has 0 bridgehead atoms. The summed E-state index contributed by atoms with van der Waals surface area (Å²) in [6, 6.07) is -0.139. The first-order chi connectivity index (χ1) is 9.13. The molecule has 1 amide bonds. The van der Waals surface area contributed by atoms with Gasteiger partial charge in [-0.05, 0) is 19.3 Å². The molecule has 1 saturated carbocycles. The minimum Gasteiger partial charge on any atom is -0.369 e. The normalized spacial score (nSPS) is 23.1. The molecule has 1 heterocycles. The molecule has 0 spiro atoms. The molecule has 0 aliphatic heterocycles. The van der Waals surface area contributed by atoms with Gasteiger partial charge in [0.25, 0.3) is 0 Å². The van der Waals surface area contributed by atoms with Crippen LogP contribution in [0.1, 0.15) is 38.3 Å². The number of nitrogens with zero attached hydrogens (tertiary/aromatic N) is 2. The van der Waals surface area contributed by atoms with Crippen molar-refractivity contribution in [3.8, 4) is 0 Å². The molecule has 5 nitrogen and oxygen atoms in total. The molecular formula is C13H19FN4O. The van der Waals surface area contributed by atoms with Crippen LogP contribution in [0.4, 0.5) is 10.2 Å². The van der Waals surface area contributed by atoms with E-state index < -0.39 is 5.82 Å². The maximum absolute atomic E-state index is 14.1. The van der Waals surface area contributed by atoms with Crippen molar-refractivity contribution in [2.24, 2.45) is 11.7 Å². The third-order valence-corrected chi connectivity index (χ3v) is 3.65. The molecular weight excluding hydrogens is 247 g/mol. The van der Waals surface area contributed by atoms with Gasteiger partial charge in [-0.15, -0.1) is 0 Å². The zero-order valence-electron chi connectivity index (χ0n) is 11.0. The molecule has 2 rings (SSSR count). The Balaban J connectivity index is 2.17. The quantitative estimate of drug-likeness (QED) is 0.868. The van der Waals surface area contributed by atoms with Gasteiger partial charge in [-0.2, -0.15) is 0 Å². The van der Waals surface area contributed by atoms with Crippen LogP contribution >= 0.6 is 0 Å². The number of anilines is 1. The highest BCUT2D eigenvalue weighted by Crippen LogP contribution is 2.27. The lowest BCUT2D eigenvalue weighted by Crippen LogP contribution is -2.40. The van der Waals surface area contributed by atoms with Gasteiger partial charge in [-0.25, -0.2) is 14.4 Å². The Bertz CT molecular complexity index is 466. The minimum atomic E-state index is -0.432. The number of nitrogens with one attached hydrogen (secondary N) is 1. The van der Waals surface area contributed by atoms with Gasteiger partial charge >= 0.3 is 0 Å². The average molecular weight is 266 g/mol. The van der Waals surface area contributed by atoms with Gasteiger partial charge in [0, 0.05) is 6.04 Å². The van der Waals surface area contributed by atoms with Gasteiger partial charge in [-0.1, -0.05) is 19.8 Å². The fourth-order valence-corrected chi connectivity index (χ4v) is 2.57. The van der Waals surface area contributed by atoms with Crippen LogP contribution in [-0.4, -0.2) is 21.9 Å². The summed E-state index contributed by atoms with van der Waals surface area (Å²) in [5.41, 5.74) is 5.78. The lowest BCUT2D eigenvalue weighted by Gasteiger charge is -2.30. The summed E-state index contributed by atoms with van der Waals surface area (Å²) in [6.07, 6.45) is 5.39. The highest BCUT2D eigenvalue weighted by molar-refractivity contribution is 5.78. The van der Waals surface area contributed by atoms with Gasteiger partial charge in [0.15, 0.2) is 11.6 Å². The van der Waals surface area contributed by atoms with Crippen LogP contribution in [0.15, 0.2) is 6.33 Å². The second-order valence-corrected chi connectivity index (χ2v) is 4.88. The number of hydrogen-bond acceptors (Lipinski definition) is 4. The predicted octanol–water partition coefficient (Wildman–Crippen LogP) is 1.63. The lowest BCUT2D eigenvalue weighted by atomic mass is 9.84. The molecule has 6 heteroatoms. The number of halogens is 1.